The largest absolute Gasteiger partial charge is 0.411 e. The fourth-order valence-electron chi connectivity index (χ4n) is 4.47. The molecule has 11 heteroatoms. The van der Waals surface area contributed by atoms with Gasteiger partial charge in [-0.2, -0.15) is 17.6 Å². The Morgan fingerprint density at radius 1 is 1.09 bits per heavy atom. The maximum absolute atomic E-state index is 13.8. The summed E-state index contributed by atoms with van der Waals surface area (Å²) >= 11 is 0. The van der Waals surface area contributed by atoms with E-state index in [9.17, 15) is 31.9 Å². The minimum Gasteiger partial charge on any atom is -0.344 e. The van der Waals surface area contributed by atoms with E-state index in [1.165, 1.54) is 31.5 Å². The molecule has 0 unspecified atom stereocenters. The number of halogens is 4. The molecule has 0 aliphatic heterocycles. The Morgan fingerprint density at radius 3 is 2.26 bits per heavy atom. The second-order valence-electron chi connectivity index (χ2n) is 8.70. The van der Waals surface area contributed by atoms with E-state index in [1.807, 2.05) is 5.32 Å². The van der Waals surface area contributed by atoms with Gasteiger partial charge in [0.2, 0.25) is 5.95 Å². The highest BCUT2D eigenvalue weighted by atomic mass is 19.4. The lowest BCUT2D eigenvalue weighted by Gasteiger charge is -2.39. The number of carbonyl (C=O) groups is 3. The van der Waals surface area contributed by atoms with Gasteiger partial charge < -0.3 is 15.2 Å². The van der Waals surface area contributed by atoms with Crippen LogP contribution in [0.25, 0.3) is 0 Å². The molecule has 1 fully saturated rings. The van der Waals surface area contributed by atoms with E-state index in [0.717, 1.165) is 6.20 Å². The van der Waals surface area contributed by atoms with Crippen LogP contribution < -0.4 is 10.6 Å². The molecule has 2 amide bonds. The summed E-state index contributed by atoms with van der Waals surface area (Å²) in [7, 11) is 1.45. The summed E-state index contributed by atoms with van der Waals surface area (Å²) in [6, 6.07) is 1.38. The molecule has 2 N–H and O–H groups in total. The van der Waals surface area contributed by atoms with Gasteiger partial charge in [-0.1, -0.05) is 19.3 Å². The van der Waals surface area contributed by atoms with Crippen molar-refractivity contribution >= 4 is 23.3 Å². The number of amides is 2. The number of hydrogen-bond acceptors (Lipinski definition) is 4. The molecule has 1 aliphatic rings. The molecule has 2 heterocycles. The molecule has 1 saturated carbocycles. The molecule has 0 bridgehead atoms. The average Bonchev–Trinajstić information content (AvgIpc) is 2.98. The van der Waals surface area contributed by atoms with Gasteiger partial charge in [0.25, 0.3) is 17.6 Å². The lowest BCUT2D eigenvalue weighted by molar-refractivity contribution is -0.205. The molecule has 3 rings (SSSR count). The van der Waals surface area contributed by atoms with Gasteiger partial charge in [0, 0.05) is 18.3 Å². The van der Waals surface area contributed by atoms with Crippen LogP contribution in [0.1, 0.15) is 69.8 Å². The first-order chi connectivity index (χ1) is 15.8. The van der Waals surface area contributed by atoms with E-state index in [4.69, 9.17) is 0 Å². The number of carbonyl (C=O) groups excluding carboxylic acids is 3. The normalized spacial score (nSPS) is 15.6. The van der Waals surface area contributed by atoms with Crippen molar-refractivity contribution in [3.05, 3.63) is 46.3 Å². The summed E-state index contributed by atoms with van der Waals surface area (Å²) in [5.41, 5.74) is -1.62. The third-order valence-corrected chi connectivity index (χ3v) is 6.45. The number of hydrogen-bond donors (Lipinski definition) is 2. The molecule has 34 heavy (non-hydrogen) atoms. The monoisotopic (exact) mass is 482 g/mol. The van der Waals surface area contributed by atoms with Crippen molar-refractivity contribution in [2.24, 2.45) is 7.05 Å². The van der Waals surface area contributed by atoms with Gasteiger partial charge in [-0.25, -0.2) is 4.98 Å². The number of ketones is 1. The van der Waals surface area contributed by atoms with Gasteiger partial charge in [0.15, 0.2) is 0 Å². The number of aryl methyl sites for hydroxylation is 1. The second kappa shape index (κ2) is 9.19. The number of aromatic nitrogens is 2. The predicted molar refractivity (Wildman–Crippen MR) is 116 cm³/mol. The maximum Gasteiger partial charge on any atom is 0.411 e. The Labute approximate surface area is 193 Å². The Bertz CT molecular complexity index is 1150. The number of Topliss-reactive ketones (excluding diaryl/α,β-unsaturated/α-hetero) is 1. The first-order valence-corrected chi connectivity index (χ1v) is 10.8. The predicted octanol–water partition coefficient (Wildman–Crippen LogP) is 4.30. The van der Waals surface area contributed by atoms with Crippen LogP contribution in [0.4, 0.5) is 23.2 Å². The molecule has 0 atom stereocenters. The highest BCUT2D eigenvalue weighted by molar-refractivity contribution is 6.43. The van der Waals surface area contributed by atoms with Crippen molar-refractivity contribution in [2.45, 2.75) is 64.6 Å². The summed E-state index contributed by atoms with van der Waals surface area (Å²) in [6.45, 7) is 4.46. The first-order valence-electron chi connectivity index (χ1n) is 10.8. The molecule has 2 aromatic heterocycles. The summed E-state index contributed by atoms with van der Waals surface area (Å²) in [6.07, 6.45) is -2.95. The summed E-state index contributed by atoms with van der Waals surface area (Å²) in [5.74, 6) is -3.83. The van der Waals surface area contributed by atoms with Crippen LogP contribution >= 0.6 is 0 Å². The van der Waals surface area contributed by atoms with Crippen LogP contribution in [0, 0.1) is 26.7 Å². The smallest absolute Gasteiger partial charge is 0.344 e. The topological polar surface area (TPSA) is 93.1 Å². The number of nitrogens with zero attached hydrogens (tertiary/aromatic N) is 2. The van der Waals surface area contributed by atoms with Crippen LogP contribution in [0.15, 0.2) is 12.3 Å². The Balaban J connectivity index is 1.89. The van der Waals surface area contributed by atoms with Gasteiger partial charge in [0.05, 0.1) is 23.1 Å². The van der Waals surface area contributed by atoms with Crippen molar-refractivity contribution in [3.8, 4) is 0 Å². The number of anilines is 1. The molecule has 0 aromatic carbocycles. The Morgan fingerprint density at radius 2 is 1.71 bits per heavy atom. The van der Waals surface area contributed by atoms with Crippen molar-refractivity contribution in [1.29, 1.82) is 0 Å². The van der Waals surface area contributed by atoms with Gasteiger partial charge in [-0.05, 0) is 45.2 Å². The highest BCUT2D eigenvalue weighted by Gasteiger charge is 2.56. The minimum absolute atomic E-state index is 0.0869. The van der Waals surface area contributed by atoms with E-state index in [-0.39, 0.29) is 53.8 Å². The zero-order valence-electron chi connectivity index (χ0n) is 19.3. The zero-order valence-corrected chi connectivity index (χ0v) is 19.3. The van der Waals surface area contributed by atoms with Crippen molar-refractivity contribution < 1.29 is 31.9 Å². The van der Waals surface area contributed by atoms with Gasteiger partial charge >= 0.3 is 6.18 Å². The number of nitrogens with one attached hydrogen (secondary N) is 2. The third-order valence-electron chi connectivity index (χ3n) is 6.45. The minimum atomic E-state index is -4.70. The average molecular weight is 482 g/mol. The van der Waals surface area contributed by atoms with Gasteiger partial charge in [-0.15, -0.1) is 0 Å². The zero-order chi connectivity index (χ0) is 25.4. The molecule has 184 valence electrons. The second-order valence-corrected chi connectivity index (χ2v) is 8.70. The number of pyridine rings is 1. The SMILES string of the molecule is Cc1cc(NC(=O)c2c(C)c(C(=O)C(=O)NC3(C(F)(F)F)CCCCC3)n(C)c2C)cnc1F. The summed E-state index contributed by atoms with van der Waals surface area (Å²) in [5, 5.41) is 4.53. The van der Waals surface area contributed by atoms with E-state index < -0.39 is 35.3 Å². The van der Waals surface area contributed by atoms with Crippen molar-refractivity contribution in [3.63, 3.8) is 0 Å². The fraction of sp³-hybridized carbons (Fsp3) is 0.478. The Hall–Kier alpha value is -3.24. The van der Waals surface area contributed by atoms with E-state index in [0.29, 0.717) is 12.1 Å². The highest BCUT2D eigenvalue weighted by Crippen LogP contribution is 2.41. The first kappa shape index (κ1) is 25.4. The van der Waals surface area contributed by atoms with Crippen LogP contribution in [0.5, 0.6) is 0 Å². The van der Waals surface area contributed by atoms with Crippen molar-refractivity contribution in [2.75, 3.05) is 5.32 Å². The van der Waals surface area contributed by atoms with Crippen LogP contribution in [0.3, 0.4) is 0 Å². The summed E-state index contributed by atoms with van der Waals surface area (Å²) in [4.78, 5) is 42.1. The van der Waals surface area contributed by atoms with Crippen LogP contribution in [0.2, 0.25) is 0 Å². The Kier molecular flexibility index (Phi) is 6.86. The summed E-state index contributed by atoms with van der Waals surface area (Å²) < 4.78 is 56.1. The standard InChI is InChI=1S/C23H26F4N4O3/c1-12-10-15(11-28-19(12)24)29-20(33)16-13(2)17(31(4)14(16)3)18(32)21(34)30-22(23(25,26)27)8-6-5-7-9-22/h10-11H,5-9H2,1-4H3,(H,29,33)(H,30,34). The van der Waals surface area contributed by atoms with Crippen LogP contribution in [-0.2, 0) is 11.8 Å². The molecule has 7 nitrogen and oxygen atoms in total. The molecule has 0 saturated heterocycles. The van der Waals surface area contributed by atoms with Gasteiger partial charge in [0.1, 0.15) is 5.54 Å². The molecular weight excluding hydrogens is 456 g/mol. The quantitative estimate of drug-likeness (QED) is 0.288. The maximum atomic E-state index is 13.8. The van der Waals surface area contributed by atoms with Crippen molar-refractivity contribution in [1.82, 2.24) is 14.9 Å². The lowest BCUT2D eigenvalue weighted by atomic mass is 9.81. The van der Waals surface area contributed by atoms with E-state index >= 15 is 0 Å². The third kappa shape index (κ3) is 4.55. The van der Waals surface area contributed by atoms with Crippen LogP contribution in [-0.4, -0.2) is 38.9 Å². The van der Waals surface area contributed by atoms with Gasteiger partial charge in [-0.3, -0.25) is 14.4 Å². The molecule has 0 spiro atoms. The molecular formula is C23H26F4N4O3. The molecule has 0 radical (unpaired) electrons. The molecule has 2 aromatic rings. The molecule has 1 aliphatic carbocycles. The fourth-order valence-corrected chi connectivity index (χ4v) is 4.47. The van der Waals surface area contributed by atoms with E-state index in [1.54, 1.807) is 6.92 Å². The number of rotatable bonds is 5. The number of alkyl halides is 3. The lowest BCUT2D eigenvalue weighted by Crippen LogP contribution is -2.61. The van der Waals surface area contributed by atoms with E-state index in [2.05, 4.69) is 10.3 Å².